The highest BCUT2D eigenvalue weighted by atomic mass is 16.5. The van der Waals surface area contributed by atoms with E-state index in [1.165, 1.54) is 12.8 Å². The molecule has 0 saturated carbocycles. The lowest BCUT2D eigenvalue weighted by molar-refractivity contribution is 0.108. The van der Waals surface area contributed by atoms with E-state index in [0.717, 1.165) is 46.8 Å². The molecule has 2 fully saturated rings. The zero-order chi connectivity index (χ0) is 23.2. The van der Waals surface area contributed by atoms with Gasteiger partial charge in [0.05, 0.1) is 19.0 Å². The summed E-state index contributed by atoms with van der Waals surface area (Å²) in [6.45, 7) is 7.10. The molecule has 2 aliphatic heterocycles. The quantitative estimate of drug-likeness (QED) is 0.593. The van der Waals surface area contributed by atoms with Crippen molar-refractivity contribution in [1.82, 2.24) is 25.7 Å². The van der Waals surface area contributed by atoms with Crippen molar-refractivity contribution in [3.8, 4) is 28.1 Å². The summed E-state index contributed by atoms with van der Waals surface area (Å²) in [5, 5.41) is 20.0. The van der Waals surface area contributed by atoms with Gasteiger partial charge in [0.2, 0.25) is 0 Å². The highest BCUT2D eigenvalue weighted by Gasteiger charge is 2.52. The van der Waals surface area contributed by atoms with Crippen LogP contribution in [0.2, 0.25) is 0 Å². The standard InChI is InChI=1S/C26H34N6O/c1-25(2,3)26-11-10-19(29-26)13-20(14-26)32(4)24-9-8-22(30-31-24)21-7-6-17(12-23(21)33-5)18-15-27-28-16-18/h6-9,12,15-16,19-20,29H,10-11,13-14H2,1-5H3,(H,27,28)/t19-,20-,26+/m0/s1. The highest BCUT2D eigenvalue weighted by molar-refractivity contribution is 5.74. The van der Waals surface area contributed by atoms with Gasteiger partial charge in [0.15, 0.2) is 5.82 Å². The molecule has 0 radical (unpaired) electrons. The van der Waals surface area contributed by atoms with Gasteiger partial charge < -0.3 is 15.0 Å². The predicted octanol–water partition coefficient (Wildman–Crippen LogP) is 4.68. The minimum absolute atomic E-state index is 0.201. The molecule has 4 heterocycles. The van der Waals surface area contributed by atoms with Gasteiger partial charge in [-0.1, -0.05) is 26.8 Å². The SMILES string of the molecule is COc1cc(-c2cn[nH]c2)ccc1-c1ccc(N(C)[C@H]2C[C@@H]3CC[C@](C(C)(C)C)(C2)N3)nn1. The van der Waals surface area contributed by atoms with Crippen molar-refractivity contribution in [2.75, 3.05) is 19.1 Å². The second-order valence-electron chi connectivity index (χ2n) is 10.6. The molecule has 174 valence electrons. The molecule has 3 atom stereocenters. The summed E-state index contributed by atoms with van der Waals surface area (Å²) in [6, 6.07) is 11.3. The van der Waals surface area contributed by atoms with Crippen molar-refractivity contribution < 1.29 is 4.74 Å². The number of H-pyrrole nitrogens is 1. The minimum atomic E-state index is 0.201. The zero-order valence-electron chi connectivity index (χ0n) is 20.2. The Morgan fingerprint density at radius 2 is 1.97 bits per heavy atom. The number of hydrogen-bond acceptors (Lipinski definition) is 6. The summed E-state index contributed by atoms with van der Waals surface area (Å²) in [4.78, 5) is 2.33. The Kier molecular flexibility index (Phi) is 5.40. The van der Waals surface area contributed by atoms with Gasteiger partial charge in [-0.25, -0.2) is 0 Å². The summed E-state index contributed by atoms with van der Waals surface area (Å²) in [5.74, 6) is 1.69. The fraction of sp³-hybridized carbons (Fsp3) is 0.500. The Labute approximate surface area is 196 Å². The van der Waals surface area contributed by atoms with Crippen LogP contribution in [0.3, 0.4) is 0 Å². The van der Waals surface area contributed by atoms with Crippen LogP contribution in [0.4, 0.5) is 5.82 Å². The largest absolute Gasteiger partial charge is 0.496 e. The average molecular weight is 447 g/mol. The fourth-order valence-electron chi connectivity index (χ4n) is 5.64. The number of nitrogens with one attached hydrogen (secondary N) is 2. The van der Waals surface area contributed by atoms with E-state index >= 15 is 0 Å². The molecule has 2 bridgehead atoms. The molecule has 0 unspecified atom stereocenters. The fourth-order valence-corrected chi connectivity index (χ4v) is 5.64. The summed E-state index contributed by atoms with van der Waals surface area (Å²) < 4.78 is 5.67. The molecule has 2 aromatic heterocycles. The van der Waals surface area contributed by atoms with E-state index in [9.17, 15) is 0 Å². The number of fused-ring (bicyclic) bond motifs is 2. The van der Waals surface area contributed by atoms with Gasteiger partial charge in [-0.15, -0.1) is 10.2 Å². The minimum Gasteiger partial charge on any atom is -0.496 e. The first kappa shape index (κ1) is 21.9. The van der Waals surface area contributed by atoms with Crippen LogP contribution >= 0.6 is 0 Å². The Morgan fingerprint density at radius 3 is 2.64 bits per heavy atom. The van der Waals surface area contributed by atoms with Crippen molar-refractivity contribution in [1.29, 1.82) is 0 Å². The van der Waals surface area contributed by atoms with Crippen molar-refractivity contribution in [3.05, 3.63) is 42.7 Å². The van der Waals surface area contributed by atoms with Crippen LogP contribution in [0.15, 0.2) is 42.7 Å². The molecule has 7 heteroatoms. The van der Waals surface area contributed by atoms with Gasteiger partial charge in [0, 0.05) is 42.0 Å². The summed E-state index contributed by atoms with van der Waals surface area (Å²) in [7, 11) is 3.85. The van der Waals surface area contributed by atoms with Crippen molar-refractivity contribution in [2.24, 2.45) is 5.41 Å². The number of hydrogen-bond donors (Lipinski definition) is 2. The first-order valence-electron chi connectivity index (χ1n) is 11.8. The predicted molar refractivity (Wildman–Crippen MR) is 131 cm³/mol. The van der Waals surface area contributed by atoms with Crippen LogP contribution in [0.25, 0.3) is 22.4 Å². The topological polar surface area (TPSA) is 79.0 Å². The van der Waals surface area contributed by atoms with Gasteiger partial charge in [-0.2, -0.15) is 5.10 Å². The number of methoxy groups -OCH3 is 1. The van der Waals surface area contributed by atoms with E-state index in [2.05, 4.69) is 70.6 Å². The van der Waals surface area contributed by atoms with E-state index in [-0.39, 0.29) is 11.0 Å². The molecule has 0 aliphatic carbocycles. The lowest BCUT2D eigenvalue weighted by atomic mass is 9.68. The second-order valence-corrected chi connectivity index (χ2v) is 10.6. The second kappa shape index (κ2) is 8.13. The third-order valence-corrected chi connectivity index (χ3v) is 7.84. The highest BCUT2D eigenvalue weighted by Crippen LogP contribution is 2.47. The maximum absolute atomic E-state index is 5.67. The number of benzene rings is 1. The summed E-state index contributed by atoms with van der Waals surface area (Å²) in [6.07, 6.45) is 8.48. The third-order valence-electron chi connectivity index (χ3n) is 7.84. The maximum atomic E-state index is 5.67. The van der Waals surface area contributed by atoms with Gasteiger partial charge in [0.25, 0.3) is 0 Å². The lowest BCUT2D eigenvalue weighted by Crippen LogP contribution is -2.60. The average Bonchev–Trinajstić information content (AvgIpc) is 3.46. The summed E-state index contributed by atoms with van der Waals surface area (Å²) in [5.41, 5.74) is 4.23. The molecule has 5 rings (SSSR count). The number of nitrogens with zero attached hydrogens (tertiary/aromatic N) is 4. The van der Waals surface area contributed by atoms with Gasteiger partial charge in [0.1, 0.15) is 5.75 Å². The van der Waals surface area contributed by atoms with Crippen LogP contribution in [-0.4, -0.2) is 52.2 Å². The molecular formula is C26H34N6O. The third kappa shape index (κ3) is 3.88. The van der Waals surface area contributed by atoms with Crippen LogP contribution in [0.1, 0.15) is 46.5 Å². The Hall–Kier alpha value is -2.93. The Morgan fingerprint density at radius 1 is 1.12 bits per heavy atom. The lowest BCUT2D eigenvalue weighted by Gasteiger charge is -2.49. The van der Waals surface area contributed by atoms with E-state index in [4.69, 9.17) is 4.74 Å². The van der Waals surface area contributed by atoms with E-state index in [1.807, 2.05) is 24.4 Å². The van der Waals surface area contributed by atoms with Crippen molar-refractivity contribution >= 4 is 5.82 Å². The van der Waals surface area contributed by atoms with Gasteiger partial charge >= 0.3 is 0 Å². The van der Waals surface area contributed by atoms with Crippen molar-refractivity contribution in [2.45, 2.75) is 64.1 Å². The molecule has 33 heavy (non-hydrogen) atoms. The van der Waals surface area contributed by atoms with Gasteiger partial charge in [-0.3, -0.25) is 5.10 Å². The number of aromatic nitrogens is 4. The first-order valence-corrected chi connectivity index (χ1v) is 11.8. The molecule has 7 nitrogen and oxygen atoms in total. The van der Waals surface area contributed by atoms with Crippen LogP contribution in [-0.2, 0) is 0 Å². The molecule has 2 N–H and O–H groups in total. The normalized spacial score (nSPS) is 24.6. The Bertz CT molecular complexity index is 1100. The number of anilines is 1. The first-order chi connectivity index (χ1) is 15.8. The molecule has 2 saturated heterocycles. The molecule has 3 aromatic rings. The smallest absolute Gasteiger partial charge is 0.151 e. The summed E-state index contributed by atoms with van der Waals surface area (Å²) >= 11 is 0. The number of aromatic amines is 1. The monoisotopic (exact) mass is 446 g/mol. The van der Waals surface area contributed by atoms with Crippen LogP contribution in [0, 0.1) is 5.41 Å². The van der Waals surface area contributed by atoms with E-state index in [1.54, 1.807) is 13.3 Å². The number of piperidine rings is 1. The molecule has 0 spiro atoms. The molecular weight excluding hydrogens is 412 g/mol. The molecule has 0 amide bonds. The van der Waals surface area contributed by atoms with Crippen LogP contribution < -0.4 is 15.0 Å². The van der Waals surface area contributed by atoms with E-state index < -0.39 is 0 Å². The van der Waals surface area contributed by atoms with E-state index in [0.29, 0.717) is 12.1 Å². The number of rotatable bonds is 5. The number of ether oxygens (including phenoxy) is 1. The van der Waals surface area contributed by atoms with Crippen molar-refractivity contribution in [3.63, 3.8) is 0 Å². The van der Waals surface area contributed by atoms with Crippen LogP contribution in [0.5, 0.6) is 5.75 Å². The zero-order valence-corrected chi connectivity index (χ0v) is 20.2. The maximum Gasteiger partial charge on any atom is 0.151 e. The van der Waals surface area contributed by atoms with Gasteiger partial charge in [-0.05, 0) is 60.9 Å². The molecule has 1 aromatic carbocycles. The molecule has 2 aliphatic rings. The Balaban J connectivity index is 1.37.